The molecule has 1 aliphatic rings. The second kappa shape index (κ2) is 5.78. The summed E-state index contributed by atoms with van der Waals surface area (Å²) in [6, 6.07) is 6.05. The van der Waals surface area contributed by atoms with Gasteiger partial charge in [0.2, 0.25) is 0 Å². The zero-order chi connectivity index (χ0) is 12.3. The van der Waals surface area contributed by atoms with Crippen molar-refractivity contribution in [2.45, 2.75) is 18.2 Å². The van der Waals surface area contributed by atoms with Gasteiger partial charge in [-0.2, -0.15) is 0 Å². The number of thioether (sulfide) groups is 1. The number of amides is 2. The Bertz CT molecular complexity index is 425. The molecule has 1 aromatic carbocycles. The molecule has 1 N–H and O–H groups in total. The minimum Gasteiger partial charge on any atom is -0.338 e. The second-order valence-electron chi connectivity index (χ2n) is 3.84. The topological polar surface area (TPSA) is 32.3 Å². The summed E-state index contributed by atoms with van der Waals surface area (Å²) in [7, 11) is 0. The van der Waals surface area contributed by atoms with Crippen LogP contribution < -0.4 is 10.2 Å². The molecule has 3 nitrogen and oxygen atoms in total. The molecule has 0 saturated heterocycles. The fourth-order valence-electron chi connectivity index (χ4n) is 1.73. The van der Waals surface area contributed by atoms with Crippen LogP contribution in [0.1, 0.15) is 13.3 Å². The Morgan fingerprint density at radius 3 is 3.18 bits per heavy atom. The predicted molar refractivity (Wildman–Crippen MR) is 75.9 cm³/mol. The van der Waals surface area contributed by atoms with Gasteiger partial charge in [-0.15, -0.1) is 11.8 Å². The zero-order valence-corrected chi connectivity index (χ0v) is 12.1. The molecule has 0 atom stereocenters. The minimum atomic E-state index is 0.00993. The third-order valence-corrected chi connectivity index (χ3v) is 4.07. The smallest absolute Gasteiger partial charge is 0.321 e. The average Bonchev–Trinajstić information content (AvgIpc) is 2.34. The van der Waals surface area contributed by atoms with Crippen LogP contribution in [0.15, 0.2) is 27.6 Å². The standard InChI is InChI=1S/C12H15BrN2OS/c1-2-5-14-12(16)15-6-7-17-11-8-9(13)3-4-10(11)15/h3-4,8H,2,5-7H2,1H3,(H,14,16). The van der Waals surface area contributed by atoms with Gasteiger partial charge in [-0.25, -0.2) is 4.79 Å². The van der Waals surface area contributed by atoms with E-state index in [4.69, 9.17) is 0 Å². The molecule has 17 heavy (non-hydrogen) atoms. The van der Waals surface area contributed by atoms with Crippen molar-refractivity contribution >= 4 is 39.4 Å². The van der Waals surface area contributed by atoms with E-state index in [0.717, 1.165) is 40.3 Å². The summed E-state index contributed by atoms with van der Waals surface area (Å²) in [6.07, 6.45) is 0.960. The lowest BCUT2D eigenvalue weighted by Gasteiger charge is -2.29. The summed E-state index contributed by atoms with van der Waals surface area (Å²) in [5, 5.41) is 2.92. The molecular formula is C12H15BrN2OS. The van der Waals surface area contributed by atoms with Crippen molar-refractivity contribution in [1.29, 1.82) is 0 Å². The van der Waals surface area contributed by atoms with E-state index in [0.29, 0.717) is 0 Å². The molecule has 1 heterocycles. The summed E-state index contributed by atoms with van der Waals surface area (Å²) in [5.41, 5.74) is 1.01. The van der Waals surface area contributed by atoms with Crippen molar-refractivity contribution in [3.8, 4) is 0 Å². The molecule has 92 valence electrons. The molecule has 0 unspecified atom stereocenters. The Kier molecular flexibility index (Phi) is 4.34. The normalized spacial score (nSPS) is 14.4. The molecule has 1 aliphatic heterocycles. The maximum Gasteiger partial charge on any atom is 0.321 e. The SMILES string of the molecule is CCCNC(=O)N1CCSc2cc(Br)ccc21. The first-order chi connectivity index (χ1) is 8.22. The molecule has 0 radical (unpaired) electrons. The number of nitrogens with one attached hydrogen (secondary N) is 1. The van der Waals surface area contributed by atoms with Crippen LogP contribution in [-0.4, -0.2) is 24.9 Å². The van der Waals surface area contributed by atoms with E-state index < -0.39 is 0 Å². The van der Waals surface area contributed by atoms with Crippen LogP contribution in [0.25, 0.3) is 0 Å². The Morgan fingerprint density at radius 2 is 2.41 bits per heavy atom. The molecule has 0 aromatic heterocycles. The molecule has 2 rings (SSSR count). The molecule has 0 bridgehead atoms. The van der Waals surface area contributed by atoms with Crippen molar-refractivity contribution < 1.29 is 4.79 Å². The molecule has 0 saturated carbocycles. The van der Waals surface area contributed by atoms with Gasteiger partial charge in [0.25, 0.3) is 0 Å². The fraction of sp³-hybridized carbons (Fsp3) is 0.417. The molecule has 0 fully saturated rings. The Morgan fingerprint density at radius 1 is 1.59 bits per heavy atom. The number of hydrogen-bond acceptors (Lipinski definition) is 2. The van der Waals surface area contributed by atoms with Crippen LogP contribution >= 0.6 is 27.7 Å². The first-order valence-corrected chi connectivity index (χ1v) is 7.48. The summed E-state index contributed by atoms with van der Waals surface area (Å²) in [6.45, 7) is 3.56. The van der Waals surface area contributed by atoms with E-state index in [1.807, 2.05) is 17.0 Å². The lowest BCUT2D eigenvalue weighted by atomic mass is 10.3. The van der Waals surface area contributed by atoms with Gasteiger partial charge in [0.1, 0.15) is 0 Å². The van der Waals surface area contributed by atoms with E-state index in [2.05, 4.69) is 34.2 Å². The monoisotopic (exact) mass is 314 g/mol. The number of halogens is 1. The van der Waals surface area contributed by atoms with Gasteiger partial charge in [-0.1, -0.05) is 22.9 Å². The summed E-state index contributed by atoms with van der Waals surface area (Å²) >= 11 is 5.25. The number of carbonyl (C=O) groups is 1. The van der Waals surface area contributed by atoms with Crippen molar-refractivity contribution in [3.05, 3.63) is 22.7 Å². The maximum absolute atomic E-state index is 12.0. The van der Waals surface area contributed by atoms with Gasteiger partial charge >= 0.3 is 6.03 Å². The molecule has 0 spiro atoms. The van der Waals surface area contributed by atoms with Gasteiger partial charge in [0, 0.05) is 28.2 Å². The van der Waals surface area contributed by atoms with Crippen LogP contribution in [-0.2, 0) is 0 Å². The quantitative estimate of drug-likeness (QED) is 0.906. The van der Waals surface area contributed by atoms with Crippen molar-refractivity contribution in [2.75, 3.05) is 23.7 Å². The highest BCUT2D eigenvalue weighted by atomic mass is 79.9. The van der Waals surface area contributed by atoms with Gasteiger partial charge in [-0.05, 0) is 24.6 Å². The second-order valence-corrected chi connectivity index (χ2v) is 5.90. The predicted octanol–water partition coefficient (Wildman–Crippen LogP) is 3.48. The highest BCUT2D eigenvalue weighted by Crippen LogP contribution is 2.36. The maximum atomic E-state index is 12.0. The number of fused-ring (bicyclic) bond motifs is 1. The summed E-state index contributed by atoms with van der Waals surface area (Å²) in [4.78, 5) is 15.0. The minimum absolute atomic E-state index is 0.00993. The van der Waals surface area contributed by atoms with E-state index >= 15 is 0 Å². The highest BCUT2D eigenvalue weighted by Gasteiger charge is 2.22. The number of urea groups is 1. The van der Waals surface area contributed by atoms with E-state index in [9.17, 15) is 4.79 Å². The van der Waals surface area contributed by atoms with Gasteiger partial charge in [-0.3, -0.25) is 4.90 Å². The van der Waals surface area contributed by atoms with Crippen LogP contribution in [0.4, 0.5) is 10.5 Å². The lowest BCUT2D eigenvalue weighted by molar-refractivity contribution is 0.246. The lowest BCUT2D eigenvalue weighted by Crippen LogP contribution is -2.43. The van der Waals surface area contributed by atoms with E-state index in [1.165, 1.54) is 0 Å². The van der Waals surface area contributed by atoms with Crippen LogP contribution in [0.5, 0.6) is 0 Å². The number of carbonyl (C=O) groups excluding carboxylic acids is 1. The Labute approximate surface area is 114 Å². The number of rotatable bonds is 2. The van der Waals surface area contributed by atoms with Crippen molar-refractivity contribution in [2.24, 2.45) is 0 Å². The van der Waals surface area contributed by atoms with Gasteiger partial charge in [0.15, 0.2) is 0 Å². The molecular weight excluding hydrogens is 300 g/mol. The number of hydrogen-bond donors (Lipinski definition) is 1. The fourth-order valence-corrected chi connectivity index (χ4v) is 3.28. The number of anilines is 1. The Balaban J connectivity index is 2.19. The number of benzene rings is 1. The summed E-state index contributed by atoms with van der Waals surface area (Å²) in [5.74, 6) is 0.947. The third kappa shape index (κ3) is 2.96. The van der Waals surface area contributed by atoms with E-state index in [-0.39, 0.29) is 6.03 Å². The Hall–Kier alpha value is -0.680. The first-order valence-electron chi connectivity index (χ1n) is 5.70. The molecule has 0 aliphatic carbocycles. The first kappa shape index (κ1) is 12.8. The van der Waals surface area contributed by atoms with Crippen molar-refractivity contribution in [3.63, 3.8) is 0 Å². The average molecular weight is 315 g/mol. The van der Waals surface area contributed by atoms with Crippen LogP contribution in [0.3, 0.4) is 0 Å². The summed E-state index contributed by atoms with van der Waals surface area (Å²) < 4.78 is 1.06. The molecule has 5 heteroatoms. The molecule has 2 amide bonds. The van der Waals surface area contributed by atoms with Gasteiger partial charge < -0.3 is 5.32 Å². The highest BCUT2D eigenvalue weighted by molar-refractivity contribution is 9.10. The van der Waals surface area contributed by atoms with Gasteiger partial charge in [0.05, 0.1) is 5.69 Å². The zero-order valence-electron chi connectivity index (χ0n) is 9.70. The third-order valence-electron chi connectivity index (χ3n) is 2.56. The van der Waals surface area contributed by atoms with Crippen LogP contribution in [0, 0.1) is 0 Å². The number of nitrogens with zero attached hydrogens (tertiary/aromatic N) is 1. The van der Waals surface area contributed by atoms with E-state index in [1.54, 1.807) is 11.8 Å². The molecule has 1 aromatic rings. The van der Waals surface area contributed by atoms with Crippen LogP contribution in [0.2, 0.25) is 0 Å². The van der Waals surface area contributed by atoms with Crippen molar-refractivity contribution in [1.82, 2.24) is 5.32 Å². The largest absolute Gasteiger partial charge is 0.338 e.